The number of carboxylic acid groups (broad SMARTS) is 1. The second kappa shape index (κ2) is 11.2. The van der Waals surface area contributed by atoms with Crippen molar-refractivity contribution in [1.29, 1.82) is 0 Å². The van der Waals surface area contributed by atoms with Crippen molar-refractivity contribution >= 4 is 29.3 Å². The van der Waals surface area contributed by atoms with Gasteiger partial charge in [0.05, 0.1) is 37.3 Å². The average molecular weight is 582 g/mol. The summed E-state index contributed by atoms with van der Waals surface area (Å²) in [5.41, 5.74) is 6.86. The van der Waals surface area contributed by atoms with E-state index in [4.69, 9.17) is 9.47 Å². The van der Waals surface area contributed by atoms with Gasteiger partial charge in [0.15, 0.2) is 5.69 Å². The molecular weight excluding hydrogens is 542 g/mol. The second-order valence-electron chi connectivity index (χ2n) is 12.4. The lowest BCUT2D eigenvalue weighted by molar-refractivity contribution is 0.0519. The van der Waals surface area contributed by atoms with Gasteiger partial charge in [0.2, 0.25) is 0 Å². The van der Waals surface area contributed by atoms with Crippen molar-refractivity contribution in [1.82, 2.24) is 9.55 Å². The Morgan fingerprint density at radius 3 is 2.49 bits per heavy atom. The van der Waals surface area contributed by atoms with Crippen molar-refractivity contribution in [2.75, 3.05) is 25.2 Å². The molecule has 0 saturated heterocycles. The van der Waals surface area contributed by atoms with Gasteiger partial charge in [-0.15, -0.1) is 0 Å². The highest BCUT2D eigenvalue weighted by Gasteiger charge is 2.46. The molecule has 4 aliphatic rings. The summed E-state index contributed by atoms with van der Waals surface area (Å²) >= 11 is 0. The molecule has 2 fully saturated rings. The maximum Gasteiger partial charge on any atom is 0.359 e. The van der Waals surface area contributed by atoms with Crippen molar-refractivity contribution in [3.05, 3.63) is 76.4 Å². The van der Waals surface area contributed by atoms with Crippen LogP contribution in [0.15, 0.2) is 42.7 Å². The van der Waals surface area contributed by atoms with Crippen molar-refractivity contribution < 1.29 is 24.2 Å². The molecule has 1 aromatic heterocycles. The number of hydrogen-bond acceptors (Lipinski definition) is 6. The third-order valence-corrected chi connectivity index (χ3v) is 10.1. The highest BCUT2D eigenvalue weighted by Crippen LogP contribution is 2.57. The minimum absolute atomic E-state index is 0.0305. The predicted molar refractivity (Wildman–Crippen MR) is 165 cm³/mol. The topological polar surface area (TPSA) is 93.9 Å². The lowest BCUT2D eigenvalue weighted by atomic mass is 9.73. The number of ether oxygens (including phenoxy) is 2. The zero-order valence-corrected chi connectivity index (χ0v) is 24.9. The number of carbonyl (C=O) groups excluding carboxylic acids is 1. The molecule has 1 N–H and O–H groups in total. The van der Waals surface area contributed by atoms with Gasteiger partial charge in [-0.25, -0.2) is 14.6 Å². The number of fused-ring (bicyclic) bond motifs is 5. The smallest absolute Gasteiger partial charge is 0.359 e. The Labute approximate surface area is 252 Å². The molecule has 7 rings (SSSR count). The number of carbonyl (C=O) groups is 2. The van der Waals surface area contributed by atoms with E-state index in [1.165, 1.54) is 43.2 Å². The van der Waals surface area contributed by atoms with Gasteiger partial charge >= 0.3 is 11.9 Å². The first kappa shape index (κ1) is 27.7. The molecule has 2 atom stereocenters. The third-order valence-electron chi connectivity index (χ3n) is 10.1. The molecule has 3 heterocycles. The van der Waals surface area contributed by atoms with Gasteiger partial charge < -0.3 is 24.0 Å². The summed E-state index contributed by atoms with van der Waals surface area (Å²) in [4.78, 5) is 32.4. The van der Waals surface area contributed by atoms with Gasteiger partial charge in [-0.3, -0.25) is 0 Å². The van der Waals surface area contributed by atoms with Crippen LogP contribution in [0.4, 0.5) is 5.69 Å². The molecule has 0 radical (unpaired) electrons. The quantitative estimate of drug-likeness (QED) is 0.293. The van der Waals surface area contributed by atoms with Crippen molar-refractivity contribution in [3.8, 4) is 5.75 Å². The number of anilines is 1. The van der Waals surface area contributed by atoms with Crippen LogP contribution in [0.2, 0.25) is 0 Å². The molecule has 3 aromatic rings. The van der Waals surface area contributed by atoms with E-state index in [0.717, 1.165) is 47.5 Å². The lowest BCUT2D eigenvalue weighted by Crippen LogP contribution is -2.31. The van der Waals surface area contributed by atoms with Crippen LogP contribution in [0.1, 0.15) is 120 Å². The summed E-state index contributed by atoms with van der Waals surface area (Å²) in [6.07, 6.45) is 13.3. The monoisotopic (exact) mass is 581 g/mol. The van der Waals surface area contributed by atoms with Crippen molar-refractivity contribution in [2.45, 2.75) is 76.3 Å². The highest BCUT2D eigenvalue weighted by atomic mass is 16.5. The lowest BCUT2D eigenvalue weighted by Gasteiger charge is -2.36. The van der Waals surface area contributed by atoms with E-state index < -0.39 is 11.9 Å². The first-order valence-corrected chi connectivity index (χ1v) is 15.7. The number of carboxylic acids is 1. The standard InChI is InChI=1S/C35H39N3O5/c1-3-43-35(41)31-32(38(20-36-31)25-10-7-11-25)24-16-23-17-26(42-2)13-15-27(23)33-30(21-8-5-4-6-9-21)28-14-12-22(34(39)40)18-29(28)37(33)19-24/h12-18,20-21,25,30,33H,3-11,19H2,1-2H3,(H,39,40). The summed E-state index contributed by atoms with van der Waals surface area (Å²) in [6, 6.07) is 12.3. The van der Waals surface area contributed by atoms with Crippen LogP contribution >= 0.6 is 0 Å². The van der Waals surface area contributed by atoms with E-state index in [1.54, 1.807) is 19.5 Å². The number of aromatic nitrogens is 2. The van der Waals surface area contributed by atoms with Crippen LogP contribution in [0.25, 0.3) is 11.6 Å². The molecule has 8 heteroatoms. The number of methoxy groups -OCH3 is 1. The van der Waals surface area contributed by atoms with Gasteiger partial charge in [0.25, 0.3) is 0 Å². The minimum atomic E-state index is -0.927. The van der Waals surface area contributed by atoms with E-state index >= 15 is 0 Å². The van der Waals surface area contributed by atoms with Gasteiger partial charge in [-0.05, 0) is 97.6 Å². The Morgan fingerprint density at radius 2 is 1.79 bits per heavy atom. The summed E-state index contributed by atoms with van der Waals surface area (Å²) in [7, 11) is 1.68. The third kappa shape index (κ3) is 4.71. The maximum atomic E-state index is 13.3. The van der Waals surface area contributed by atoms with E-state index in [0.29, 0.717) is 23.7 Å². The molecule has 2 unspecified atom stereocenters. The number of hydrogen-bond donors (Lipinski definition) is 1. The molecule has 8 nitrogen and oxygen atoms in total. The second-order valence-corrected chi connectivity index (χ2v) is 12.4. The van der Waals surface area contributed by atoms with Crippen LogP contribution in [-0.2, 0) is 4.74 Å². The van der Waals surface area contributed by atoms with Crippen molar-refractivity contribution in [2.24, 2.45) is 5.92 Å². The molecular formula is C35H39N3O5. The Balaban J connectivity index is 1.44. The zero-order chi connectivity index (χ0) is 29.7. The fraction of sp³-hybridized carbons (Fsp3) is 0.457. The van der Waals surface area contributed by atoms with Gasteiger partial charge in [0.1, 0.15) is 5.75 Å². The van der Waals surface area contributed by atoms with Gasteiger partial charge in [-0.1, -0.05) is 31.4 Å². The fourth-order valence-corrected chi connectivity index (χ4v) is 7.87. The number of imidazole rings is 1. The number of benzene rings is 2. The SMILES string of the molecule is CCOC(=O)c1ncn(C2CCC2)c1C1=Cc2cc(OC)ccc2C2C(C3CCCCC3)c3ccc(C(=O)O)cc3N2C1. The summed E-state index contributed by atoms with van der Waals surface area (Å²) in [5.74, 6) is 0.172. The Hall–Kier alpha value is -4.07. The Kier molecular flexibility index (Phi) is 7.23. The molecule has 0 bridgehead atoms. The van der Waals surface area contributed by atoms with Crippen LogP contribution in [-0.4, -0.2) is 46.9 Å². The van der Waals surface area contributed by atoms with Crippen LogP contribution in [0, 0.1) is 5.92 Å². The first-order chi connectivity index (χ1) is 21.0. The number of aromatic carboxylic acids is 1. The van der Waals surface area contributed by atoms with Crippen LogP contribution in [0.5, 0.6) is 5.75 Å². The fourth-order valence-electron chi connectivity index (χ4n) is 7.87. The molecule has 2 saturated carbocycles. The first-order valence-electron chi connectivity index (χ1n) is 15.7. The number of esters is 1. The molecule has 2 aromatic carbocycles. The van der Waals surface area contributed by atoms with Gasteiger partial charge in [-0.2, -0.15) is 0 Å². The van der Waals surface area contributed by atoms with E-state index in [-0.39, 0.29) is 24.6 Å². The van der Waals surface area contributed by atoms with Crippen LogP contribution in [0.3, 0.4) is 0 Å². The Morgan fingerprint density at radius 1 is 1.00 bits per heavy atom. The Bertz CT molecular complexity index is 1600. The minimum Gasteiger partial charge on any atom is -0.497 e. The molecule has 224 valence electrons. The van der Waals surface area contributed by atoms with E-state index in [1.807, 2.05) is 19.1 Å². The van der Waals surface area contributed by atoms with Crippen molar-refractivity contribution in [3.63, 3.8) is 0 Å². The molecule has 43 heavy (non-hydrogen) atoms. The summed E-state index contributed by atoms with van der Waals surface area (Å²) < 4.78 is 13.3. The van der Waals surface area contributed by atoms with Crippen LogP contribution < -0.4 is 9.64 Å². The van der Waals surface area contributed by atoms with E-state index in [2.05, 4.69) is 38.7 Å². The van der Waals surface area contributed by atoms with Gasteiger partial charge in [0, 0.05) is 24.2 Å². The molecule has 2 aliphatic carbocycles. The largest absolute Gasteiger partial charge is 0.497 e. The maximum absolute atomic E-state index is 13.3. The highest BCUT2D eigenvalue weighted by molar-refractivity contribution is 5.98. The molecule has 2 aliphatic heterocycles. The number of rotatable bonds is 7. The summed E-state index contributed by atoms with van der Waals surface area (Å²) in [5, 5.41) is 9.97. The number of nitrogens with zero attached hydrogens (tertiary/aromatic N) is 3. The average Bonchev–Trinajstić information content (AvgIpc) is 3.50. The summed E-state index contributed by atoms with van der Waals surface area (Å²) in [6.45, 7) is 2.60. The zero-order valence-electron chi connectivity index (χ0n) is 24.9. The predicted octanol–water partition coefficient (Wildman–Crippen LogP) is 7.27. The van der Waals surface area contributed by atoms with E-state index in [9.17, 15) is 14.7 Å². The normalized spacial score (nSPS) is 21.6. The molecule has 0 spiro atoms. The molecule has 0 amide bonds.